The molecule has 1 aromatic heterocycles. The fourth-order valence-corrected chi connectivity index (χ4v) is 3.29. The van der Waals surface area contributed by atoms with Crippen LogP contribution in [0.3, 0.4) is 0 Å². The van der Waals surface area contributed by atoms with Gasteiger partial charge >= 0.3 is 0 Å². The van der Waals surface area contributed by atoms with E-state index in [1.165, 1.54) is 12.1 Å². The first-order chi connectivity index (χ1) is 13.5. The highest BCUT2D eigenvalue weighted by atomic mass is 19.1. The third-order valence-electron chi connectivity index (χ3n) is 4.69. The molecule has 0 aliphatic carbocycles. The van der Waals surface area contributed by atoms with Gasteiger partial charge in [-0.15, -0.1) is 0 Å². The van der Waals surface area contributed by atoms with E-state index in [1.54, 1.807) is 12.1 Å². The topological polar surface area (TPSA) is 82.2 Å². The highest BCUT2D eigenvalue weighted by Crippen LogP contribution is 2.22. The van der Waals surface area contributed by atoms with Crippen molar-refractivity contribution in [1.29, 1.82) is 0 Å². The Morgan fingerprint density at radius 3 is 2.79 bits per heavy atom. The van der Waals surface area contributed by atoms with Crippen molar-refractivity contribution in [3.8, 4) is 0 Å². The number of carbonyl (C=O) groups excluding carboxylic acids is 1. The quantitative estimate of drug-likeness (QED) is 0.677. The van der Waals surface area contributed by atoms with Crippen LogP contribution < -0.4 is 16.0 Å². The third kappa shape index (κ3) is 5.71. The summed E-state index contributed by atoms with van der Waals surface area (Å²) in [4.78, 5) is 23.5. The molecule has 1 amide bonds. The molecule has 1 aliphatic heterocycles. The minimum atomic E-state index is -0.330. The van der Waals surface area contributed by atoms with Gasteiger partial charge in [-0.1, -0.05) is 0 Å². The molecule has 8 heteroatoms. The number of anilines is 2. The molecule has 0 radical (unpaired) electrons. The van der Waals surface area contributed by atoms with E-state index in [9.17, 15) is 9.18 Å². The van der Waals surface area contributed by atoms with Crippen LogP contribution >= 0.6 is 0 Å². The summed E-state index contributed by atoms with van der Waals surface area (Å²) in [6.45, 7) is 2.67. The van der Waals surface area contributed by atoms with Gasteiger partial charge in [0, 0.05) is 37.8 Å². The number of halogens is 1. The third-order valence-corrected chi connectivity index (χ3v) is 4.69. The van der Waals surface area contributed by atoms with E-state index in [0.29, 0.717) is 18.2 Å². The van der Waals surface area contributed by atoms with E-state index in [0.717, 1.165) is 43.3 Å². The minimum absolute atomic E-state index is 0.159. The molecule has 0 unspecified atom stereocenters. The fraction of sp³-hybridized carbons (Fsp3) is 0.450. The molecule has 0 spiro atoms. The lowest BCUT2D eigenvalue weighted by Gasteiger charge is -2.23. The van der Waals surface area contributed by atoms with Gasteiger partial charge in [0.2, 0.25) is 5.91 Å². The summed E-state index contributed by atoms with van der Waals surface area (Å²) >= 11 is 0. The average Bonchev–Trinajstić information content (AvgIpc) is 2.70. The van der Waals surface area contributed by atoms with Gasteiger partial charge < -0.3 is 16.0 Å². The monoisotopic (exact) mass is 386 g/mol. The highest BCUT2D eigenvalue weighted by molar-refractivity contribution is 5.92. The van der Waals surface area contributed by atoms with E-state index in [2.05, 4.69) is 20.9 Å². The lowest BCUT2D eigenvalue weighted by Crippen LogP contribution is -2.31. The summed E-state index contributed by atoms with van der Waals surface area (Å²) in [6, 6.07) is 7.64. The van der Waals surface area contributed by atoms with Crippen LogP contribution in [0.25, 0.3) is 0 Å². The molecule has 1 saturated heterocycles. The molecule has 1 fully saturated rings. The van der Waals surface area contributed by atoms with Crippen molar-refractivity contribution in [2.45, 2.75) is 25.3 Å². The molecular formula is C20H27FN6O. The Bertz CT molecular complexity index is 792. The van der Waals surface area contributed by atoms with Crippen LogP contribution in [0.1, 0.15) is 30.3 Å². The maximum Gasteiger partial charge on any atom is 0.238 e. The Labute approximate surface area is 164 Å². The standard InChI is InChI=1S/C20H27FN6O/c1-22-18-10-17(25-20(26-18)14-4-3-9-23-11-14)12-27(2)13-19(28)24-16-7-5-15(21)6-8-16/h5-8,10,14,23H,3-4,9,11-13H2,1-2H3,(H,24,28)(H,22,25,26)/t14-/m1/s1. The smallest absolute Gasteiger partial charge is 0.238 e. The number of nitrogens with one attached hydrogen (secondary N) is 3. The Kier molecular flexibility index (Phi) is 6.89. The summed E-state index contributed by atoms with van der Waals surface area (Å²) in [5, 5.41) is 9.27. The number of benzene rings is 1. The van der Waals surface area contributed by atoms with Gasteiger partial charge in [0.05, 0.1) is 12.2 Å². The zero-order valence-corrected chi connectivity index (χ0v) is 16.3. The number of carbonyl (C=O) groups is 1. The van der Waals surface area contributed by atoms with Crippen molar-refractivity contribution < 1.29 is 9.18 Å². The van der Waals surface area contributed by atoms with Gasteiger partial charge in [0.15, 0.2) is 0 Å². The number of hydrogen-bond acceptors (Lipinski definition) is 6. The van der Waals surface area contributed by atoms with Gasteiger partial charge in [-0.3, -0.25) is 9.69 Å². The van der Waals surface area contributed by atoms with E-state index in [4.69, 9.17) is 4.98 Å². The highest BCUT2D eigenvalue weighted by Gasteiger charge is 2.19. The molecule has 3 N–H and O–H groups in total. The number of likely N-dealkylation sites (N-methyl/N-ethyl adjacent to an activating group) is 1. The minimum Gasteiger partial charge on any atom is -0.373 e. The van der Waals surface area contributed by atoms with Crippen LogP contribution in [0.5, 0.6) is 0 Å². The first-order valence-corrected chi connectivity index (χ1v) is 9.54. The van der Waals surface area contributed by atoms with E-state index in [-0.39, 0.29) is 18.3 Å². The lowest BCUT2D eigenvalue weighted by atomic mass is 9.99. The van der Waals surface area contributed by atoms with Crippen molar-refractivity contribution in [2.75, 3.05) is 44.4 Å². The summed E-state index contributed by atoms with van der Waals surface area (Å²) < 4.78 is 13.0. The van der Waals surface area contributed by atoms with Crippen molar-refractivity contribution >= 4 is 17.4 Å². The Morgan fingerprint density at radius 2 is 2.11 bits per heavy atom. The molecule has 7 nitrogen and oxygen atoms in total. The largest absolute Gasteiger partial charge is 0.373 e. The van der Waals surface area contributed by atoms with Crippen LogP contribution in [0.15, 0.2) is 30.3 Å². The number of rotatable bonds is 7. The second-order valence-corrected chi connectivity index (χ2v) is 7.12. The number of aromatic nitrogens is 2. The van der Waals surface area contributed by atoms with Gasteiger partial charge in [0.25, 0.3) is 0 Å². The number of hydrogen-bond donors (Lipinski definition) is 3. The van der Waals surface area contributed by atoms with E-state index >= 15 is 0 Å². The van der Waals surface area contributed by atoms with Crippen LogP contribution in [0, 0.1) is 5.82 Å². The van der Waals surface area contributed by atoms with Gasteiger partial charge in [-0.05, 0) is 50.7 Å². The molecule has 1 aromatic carbocycles. The molecule has 1 aliphatic rings. The second kappa shape index (κ2) is 9.57. The maximum absolute atomic E-state index is 13.0. The van der Waals surface area contributed by atoms with Gasteiger partial charge in [-0.25, -0.2) is 14.4 Å². The van der Waals surface area contributed by atoms with E-state index < -0.39 is 0 Å². The van der Waals surface area contributed by atoms with Crippen molar-refractivity contribution in [3.63, 3.8) is 0 Å². The maximum atomic E-state index is 13.0. The fourth-order valence-electron chi connectivity index (χ4n) is 3.29. The molecule has 3 rings (SSSR count). The summed E-state index contributed by atoms with van der Waals surface area (Å²) in [7, 11) is 3.71. The molecule has 0 saturated carbocycles. The summed E-state index contributed by atoms with van der Waals surface area (Å²) in [6.07, 6.45) is 2.20. The summed E-state index contributed by atoms with van der Waals surface area (Å²) in [5.74, 6) is 1.46. The SMILES string of the molecule is CNc1cc(CN(C)CC(=O)Nc2ccc(F)cc2)nc([C@@H]2CCCNC2)n1. The lowest BCUT2D eigenvalue weighted by molar-refractivity contribution is -0.117. The normalized spacial score (nSPS) is 16.8. The van der Waals surface area contributed by atoms with Crippen LogP contribution in [0.2, 0.25) is 0 Å². The van der Waals surface area contributed by atoms with Gasteiger partial charge in [-0.2, -0.15) is 0 Å². The zero-order chi connectivity index (χ0) is 19.9. The van der Waals surface area contributed by atoms with Crippen LogP contribution in [-0.4, -0.2) is 54.5 Å². The van der Waals surface area contributed by atoms with Gasteiger partial charge in [0.1, 0.15) is 17.5 Å². The Hall–Kier alpha value is -2.58. The molecule has 1 atom stereocenters. The molecule has 0 bridgehead atoms. The molecular weight excluding hydrogens is 359 g/mol. The number of piperidine rings is 1. The Morgan fingerprint density at radius 1 is 1.32 bits per heavy atom. The predicted octanol–water partition coefficient (Wildman–Crippen LogP) is 2.19. The van der Waals surface area contributed by atoms with Crippen molar-refractivity contribution in [2.24, 2.45) is 0 Å². The zero-order valence-electron chi connectivity index (χ0n) is 16.3. The first-order valence-electron chi connectivity index (χ1n) is 9.54. The predicted molar refractivity (Wildman–Crippen MR) is 108 cm³/mol. The number of amides is 1. The second-order valence-electron chi connectivity index (χ2n) is 7.12. The molecule has 28 heavy (non-hydrogen) atoms. The van der Waals surface area contributed by atoms with E-state index in [1.807, 2.05) is 25.1 Å². The van der Waals surface area contributed by atoms with Crippen molar-refractivity contribution in [1.82, 2.24) is 20.2 Å². The molecule has 150 valence electrons. The number of nitrogens with zero attached hydrogens (tertiary/aromatic N) is 3. The van der Waals surface area contributed by atoms with Crippen molar-refractivity contribution in [3.05, 3.63) is 47.7 Å². The average molecular weight is 386 g/mol. The molecule has 2 aromatic rings. The first kappa shape index (κ1) is 20.2. The van der Waals surface area contributed by atoms with Crippen LogP contribution in [0.4, 0.5) is 15.9 Å². The summed E-state index contributed by atoms with van der Waals surface area (Å²) in [5.41, 5.74) is 1.45. The Balaban J connectivity index is 1.61. The van der Waals surface area contributed by atoms with Crippen LogP contribution in [-0.2, 0) is 11.3 Å². The molecule has 2 heterocycles.